The number of anilines is 1. The third-order valence-corrected chi connectivity index (χ3v) is 3.25. The molecule has 0 aromatic heterocycles. The van der Waals surface area contributed by atoms with Gasteiger partial charge in [-0.3, -0.25) is 15.0 Å². The number of carboxylic acid groups (broad SMARTS) is 1. The molecule has 8 heteroatoms. The highest BCUT2D eigenvalue weighted by molar-refractivity contribution is 9.10. The number of phenols is 1. The molecular weight excluding hydrogens is 320 g/mol. The minimum atomic E-state index is -1.31. The third kappa shape index (κ3) is 2.53. The van der Waals surface area contributed by atoms with Crippen LogP contribution < -0.4 is 10.2 Å². The molecule has 7 nitrogen and oxygen atoms in total. The molecule has 3 amide bonds. The Labute approximate surface area is 116 Å². The minimum absolute atomic E-state index is 0.132. The van der Waals surface area contributed by atoms with Crippen LogP contribution in [0.15, 0.2) is 16.6 Å². The highest BCUT2D eigenvalue weighted by atomic mass is 79.9. The Bertz CT molecular complexity index is 587. The molecule has 0 atom stereocenters. The molecule has 1 saturated heterocycles. The number of amides is 3. The fourth-order valence-electron chi connectivity index (χ4n) is 1.71. The molecule has 0 bridgehead atoms. The maximum atomic E-state index is 11.7. The molecule has 0 unspecified atom stereocenters. The van der Waals surface area contributed by atoms with Gasteiger partial charge >= 0.3 is 12.0 Å². The van der Waals surface area contributed by atoms with E-state index < -0.39 is 17.7 Å². The van der Waals surface area contributed by atoms with E-state index >= 15 is 0 Å². The van der Waals surface area contributed by atoms with Crippen LogP contribution in [0.1, 0.15) is 16.8 Å². The SMILES string of the molecule is O=C1CCN(c2cc(Br)c(O)c(C(=O)O)c2)C(=O)N1. The average Bonchev–Trinajstić information content (AvgIpc) is 2.32. The van der Waals surface area contributed by atoms with Gasteiger partial charge in [0.1, 0.15) is 11.3 Å². The molecule has 1 heterocycles. The highest BCUT2D eigenvalue weighted by Gasteiger charge is 2.26. The van der Waals surface area contributed by atoms with Gasteiger partial charge in [-0.2, -0.15) is 0 Å². The zero-order valence-electron chi connectivity index (χ0n) is 9.51. The van der Waals surface area contributed by atoms with Crippen molar-refractivity contribution in [3.05, 3.63) is 22.2 Å². The van der Waals surface area contributed by atoms with Gasteiger partial charge in [0, 0.05) is 18.7 Å². The summed E-state index contributed by atoms with van der Waals surface area (Å²) in [7, 11) is 0. The Kier molecular flexibility index (Phi) is 3.43. The summed E-state index contributed by atoms with van der Waals surface area (Å²) in [5, 5.41) is 20.7. The van der Waals surface area contributed by atoms with Crippen LogP contribution >= 0.6 is 15.9 Å². The van der Waals surface area contributed by atoms with E-state index in [1.54, 1.807) is 0 Å². The van der Waals surface area contributed by atoms with Crippen molar-refractivity contribution in [2.24, 2.45) is 0 Å². The molecule has 0 spiro atoms. The summed E-state index contributed by atoms with van der Waals surface area (Å²) in [6.45, 7) is 0.154. The number of nitrogens with zero attached hydrogens (tertiary/aromatic N) is 1. The molecule has 19 heavy (non-hydrogen) atoms. The van der Waals surface area contributed by atoms with Crippen molar-refractivity contribution in [1.29, 1.82) is 0 Å². The molecule has 1 fully saturated rings. The molecular formula is C11H9BrN2O5. The lowest BCUT2D eigenvalue weighted by Crippen LogP contribution is -2.49. The van der Waals surface area contributed by atoms with Crippen molar-refractivity contribution in [3.63, 3.8) is 0 Å². The van der Waals surface area contributed by atoms with Crippen LogP contribution in [0.2, 0.25) is 0 Å². The topological polar surface area (TPSA) is 107 Å². The summed E-state index contributed by atoms with van der Waals surface area (Å²) in [6.07, 6.45) is 0.132. The van der Waals surface area contributed by atoms with Crippen molar-refractivity contribution in [3.8, 4) is 5.75 Å². The van der Waals surface area contributed by atoms with E-state index in [0.29, 0.717) is 0 Å². The monoisotopic (exact) mass is 328 g/mol. The van der Waals surface area contributed by atoms with Crippen LogP contribution in [0, 0.1) is 0 Å². The number of hydrogen-bond donors (Lipinski definition) is 3. The average molecular weight is 329 g/mol. The summed E-state index contributed by atoms with van der Waals surface area (Å²) in [5.41, 5.74) is -0.0406. The van der Waals surface area contributed by atoms with Crippen LogP contribution in [-0.4, -0.2) is 34.7 Å². The number of carbonyl (C=O) groups is 3. The van der Waals surface area contributed by atoms with Gasteiger partial charge in [-0.05, 0) is 28.1 Å². The third-order valence-electron chi connectivity index (χ3n) is 2.64. The van der Waals surface area contributed by atoms with E-state index in [2.05, 4.69) is 21.2 Å². The lowest BCUT2D eigenvalue weighted by Gasteiger charge is -2.27. The highest BCUT2D eigenvalue weighted by Crippen LogP contribution is 2.33. The number of urea groups is 1. The number of carboxylic acids is 1. The smallest absolute Gasteiger partial charge is 0.339 e. The normalized spacial score (nSPS) is 15.3. The molecule has 3 N–H and O–H groups in total. The first-order chi connectivity index (χ1) is 8.90. The van der Waals surface area contributed by atoms with Crippen LogP contribution in [0.5, 0.6) is 5.75 Å². The van der Waals surface area contributed by atoms with Crippen LogP contribution in [0.25, 0.3) is 0 Å². The number of nitrogens with one attached hydrogen (secondary N) is 1. The van der Waals surface area contributed by atoms with Gasteiger partial charge in [-0.15, -0.1) is 0 Å². The molecule has 100 valence electrons. The van der Waals surface area contributed by atoms with Crippen LogP contribution in [0.3, 0.4) is 0 Å². The number of halogens is 1. The maximum absolute atomic E-state index is 11.7. The Morgan fingerprint density at radius 2 is 2.05 bits per heavy atom. The fraction of sp³-hybridized carbons (Fsp3) is 0.182. The molecule has 1 aromatic rings. The van der Waals surface area contributed by atoms with E-state index in [4.69, 9.17) is 5.11 Å². The number of hydrogen-bond acceptors (Lipinski definition) is 4. The van der Waals surface area contributed by atoms with Gasteiger partial charge in [0.05, 0.1) is 4.47 Å². The Hall–Kier alpha value is -2.09. The molecule has 1 aliphatic heterocycles. The molecule has 1 aromatic carbocycles. The van der Waals surface area contributed by atoms with E-state index in [-0.39, 0.29) is 34.6 Å². The van der Waals surface area contributed by atoms with Crippen molar-refractivity contribution >= 4 is 39.5 Å². The van der Waals surface area contributed by atoms with Crippen molar-refractivity contribution in [2.45, 2.75) is 6.42 Å². The van der Waals surface area contributed by atoms with Crippen LogP contribution in [0.4, 0.5) is 10.5 Å². The molecule has 0 aliphatic carbocycles. The predicted molar refractivity (Wildman–Crippen MR) is 68.3 cm³/mol. The van der Waals surface area contributed by atoms with Crippen molar-refractivity contribution in [1.82, 2.24) is 5.32 Å². The number of rotatable bonds is 2. The largest absolute Gasteiger partial charge is 0.506 e. The summed E-state index contributed by atoms with van der Waals surface area (Å²) in [5.74, 6) is -2.10. The lowest BCUT2D eigenvalue weighted by molar-refractivity contribution is -0.120. The quantitative estimate of drug-likeness (QED) is 0.758. The summed E-state index contributed by atoms with van der Waals surface area (Å²) in [6, 6.07) is 1.97. The van der Waals surface area contributed by atoms with Gasteiger partial charge in [0.2, 0.25) is 5.91 Å². The molecule has 0 saturated carbocycles. The molecule has 1 aliphatic rings. The predicted octanol–water partition coefficient (Wildman–Crippen LogP) is 1.30. The summed E-state index contributed by atoms with van der Waals surface area (Å²) >= 11 is 3.02. The molecule has 0 radical (unpaired) electrons. The van der Waals surface area contributed by atoms with E-state index in [0.717, 1.165) is 0 Å². The van der Waals surface area contributed by atoms with Gasteiger partial charge < -0.3 is 10.2 Å². The molecule has 2 rings (SSSR count). The first kappa shape index (κ1) is 13.3. The first-order valence-corrected chi connectivity index (χ1v) is 6.06. The number of benzene rings is 1. The minimum Gasteiger partial charge on any atom is -0.506 e. The van der Waals surface area contributed by atoms with Crippen LogP contribution in [-0.2, 0) is 4.79 Å². The van der Waals surface area contributed by atoms with E-state index in [9.17, 15) is 19.5 Å². The first-order valence-electron chi connectivity index (χ1n) is 5.27. The summed E-state index contributed by atoms with van der Waals surface area (Å²) < 4.78 is 0.159. The second-order valence-corrected chi connectivity index (χ2v) is 4.74. The zero-order chi connectivity index (χ0) is 14.2. The van der Waals surface area contributed by atoms with Gasteiger partial charge in [0.15, 0.2) is 0 Å². The standard InChI is InChI=1S/C11H9BrN2O5/c12-7-4-5(3-6(9(7)16)10(17)18)14-2-1-8(15)13-11(14)19/h3-4,16H,1-2H2,(H,17,18)(H,13,15,19). The van der Waals surface area contributed by atoms with Gasteiger partial charge in [0.25, 0.3) is 0 Å². The maximum Gasteiger partial charge on any atom is 0.339 e. The van der Waals surface area contributed by atoms with Crippen molar-refractivity contribution in [2.75, 3.05) is 11.4 Å². The number of aromatic carboxylic acids is 1. The Balaban J connectivity index is 2.43. The fourth-order valence-corrected chi connectivity index (χ4v) is 2.16. The van der Waals surface area contributed by atoms with Gasteiger partial charge in [-0.25, -0.2) is 9.59 Å². The van der Waals surface area contributed by atoms with E-state index in [1.165, 1.54) is 17.0 Å². The number of carbonyl (C=O) groups excluding carboxylic acids is 2. The van der Waals surface area contributed by atoms with E-state index in [1.807, 2.05) is 0 Å². The van der Waals surface area contributed by atoms with Crippen molar-refractivity contribution < 1.29 is 24.6 Å². The van der Waals surface area contributed by atoms with Gasteiger partial charge in [-0.1, -0.05) is 0 Å². The zero-order valence-corrected chi connectivity index (χ0v) is 11.1. The summed E-state index contributed by atoms with van der Waals surface area (Å²) in [4.78, 5) is 34.9. The Morgan fingerprint density at radius 1 is 1.37 bits per heavy atom. The second kappa shape index (κ2) is 4.88. The Morgan fingerprint density at radius 3 is 2.63 bits per heavy atom. The number of imide groups is 1. The second-order valence-electron chi connectivity index (χ2n) is 3.88. The number of aromatic hydroxyl groups is 1. The lowest BCUT2D eigenvalue weighted by atomic mass is 10.1.